The first-order chi connectivity index (χ1) is 9.67. The Labute approximate surface area is 129 Å². The molecule has 0 bridgehead atoms. The standard InChI is InChI=1S/C15H22BrN3O/c1-3-18-10-11-6-7-13(12(16)9-11)19-8-4-5-14(19)15(20)17-2/h6-7,9,14,18H,3-5,8,10H2,1-2H3,(H,17,20). The maximum atomic E-state index is 11.9. The van der Waals surface area contributed by atoms with E-state index in [2.05, 4.69) is 56.6 Å². The SMILES string of the molecule is CCNCc1ccc(N2CCCC2C(=O)NC)c(Br)c1. The summed E-state index contributed by atoms with van der Waals surface area (Å²) < 4.78 is 1.06. The van der Waals surface area contributed by atoms with Crippen LogP contribution in [0.2, 0.25) is 0 Å². The number of likely N-dealkylation sites (N-methyl/N-ethyl adjacent to an activating group) is 1. The molecule has 1 fully saturated rings. The number of carbonyl (C=O) groups excluding carboxylic acids is 1. The molecule has 0 aromatic heterocycles. The highest BCUT2D eigenvalue weighted by Gasteiger charge is 2.31. The van der Waals surface area contributed by atoms with Gasteiger partial charge in [0.1, 0.15) is 6.04 Å². The first-order valence-electron chi connectivity index (χ1n) is 7.14. The zero-order valence-corrected chi connectivity index (χ0v) is 13.7. The minimum atomic E-state index is -0.0454. The van der Waals surface area contributed by atoms with Crippen LogP contribution in [0, 0.1) is 0 Å². The second kappa shape index (κ2) is 7.09. The van der Waals surface area contributed by atoms with E-state index >= 15 is 0 Å². The summed E-state index contributed by atoms with van der Waals surface area (Å²) in [5, 5.41) is 6.08. The van der Waals surface area contributed by atoms with Crippen molar-refractivity contribution in [3.05, 3.63) is 28.2 Å². The third-order valence-electron chi connectivity index (χ3n) is 3.70. The number of hydrogen-bond acceptors (Lipinski definition) is 3. The first kappa shape index (κ1) is 15.3. The molecule has 1 aromatic carbocycles. The Bertz CT molecular complexity index is 478. The van der Waals surface area contributed by atoms with Gasteiger partial charge in [0.05, 0.1) is 5.69 Å². The van der Waals surface area contributed by atoms with Crippen molar-refractivity contribution in [3.8, 4) is 0 Å². The summed E-state index contributed by atoms with van der Waals surface area (Å²) in [4.78, 5) is 14.1. The van der Waals surface area contributed by atoms with Crippen LogP contribution in [0.25, 0.3) is 0 Å². The Balaban J connectivity index is 2.17. The van der Waals surface area contributed by atoms with Gasteiger partial charge in [-0.1, -0.05) is 13.0 Å². The van der Waals surface area contributed by atoms with Crippen molar-refractivity contribution in [2.24, 2.45) is 0 Å². The number of nitrogens with zero attached hydrogens (tertiary/aromatic N) is 1. The van der Waals surface area contributed by atoms with Crippen LogP contribution in [0.4, 0.5) is 5.69 Å². The van der Waals surface area contributed by atoms with Crippen LogP contribution in [0.1, 0.15) is 25.3 Å². The molecule has 5 heteroatoms. The van der Waals surface area contributed by atoms with Crippen molar-refractivity contribution < 1.29 is 4.79 Å². The third-order valence-corrected chi connectivity index (χ3v) is 4.34. The highest BCUT2D eigenvalue weighted by molar-refractivity contribution is 9.10. The van der Waals surface area contributed by atoms with Gasteiger partial charge in [-0.05, 0) is 53.0 Å². The Kier molecular flexibility index (Phi) is 5.43. The largest absolute Gasteiger partial charge is 0.359 e. The molecule has 0 spiro atoms. The zero-order chi connectivity index (χ0) is 14.5. The van der Waals surface area contributed by atoms with E-state index in [4.69, 9.17) is 0 Å². The van der Waals surface area contributed by atoms with E-state index in [0.717, 1.165) is 42.6 Å². The molecule has 1 saturated heterocycles. The summed E-state index contributed by atoms with van der Waals surface area (Å²) >= 11 is 3.65. The lowest BCUT2D eigenvalue weighted by molar-refractivity contribution is -0.121. The van der Waals surface area contributed by atoms with Gasteiger partial charge in [-0.25, -0.2) is 0 Å². The van der Waals surface area contributed by atoms with Gasteiger partial charge >= 0.3 is 0 Å². The van der Waals surface area contributed by atoms with Crippen molar-refractivity contribution in [3.63, 3.8) is 0 Å². The van der Waals surface area contributed by atoms with E-state index in [1.807, 2.05) is 0 Å². The molecule has 1 aliphatic heterocycles. The van der Waals surface area contributed by atoms with Gasteiger partial charge in [0, 0.05) is 24.6 Å². The summed E-state index contributed by atoms with van der Waals surface area (Å²) in [5.41, 5.74) is 2.36. The molecule has 0 aliphatic carbocycles. The molecule has 1 atom stereocenters. The van der Waals surface area contributed by atoms with Crippen LogP contribution in [0.15, 0.2) is 22.7 Å². The Hall–Kier alpha value is -1.07. The lowest BCUT2D eigenvalue weighted by Crippen LogP contribution is -2.42. The van der Waals surface area contributed by atoms with Crippen LogP contribution in [0.3, 0.4) is 0 Å². The van der Waals surface area contributed by atoms with Crippen molar-refractivity contribution in [2.45, 2.75) is 32.4 Å². The van der Waals surface area contributed by atoms with Crippen LogP contribution in [0.5, 0.6) is 0 Å². The average Bonchev–Trinajstić information content (AvgIpc) is 2.93. The average molecular weight is 340 g/mol. The van der Waals surface area contributed by atoms with Gasteiger partial charge in [0.15, 0.2) is 0 Å². The maximum Gasteiger partial charge on any atom is 0.242 e. The predicted molar refractivity (Wildman–Crippen MR) is 86.0 cm³/mol. The smallest absolute Gasteiger partial charge is 0.242 e. The molecular formula is C15H22BrN3O. The number of nitrogens with one attached hydrogen (secondary N) is 2. The number of amides is 1. The quantitative estimate of drug-likeness (QED) is 0.864. The number of benzene rings is 1. The maximum absolute atomic E-state index is 11.9. The van der Waals surface area contributed by atoms with E-state index in [1.165, 1.54) is 5.56 Å². The molecule has 20 heavy (non-hydrogen) atoms. The fourth-order valence-corrected chi connectivity index (χ4v) is 3.31. The van der Waals surface area contributed by atoms with Crippen molar-refractivity contribution in [1.82, 2.24) is 10.6 Å². The topological polar surface area (TPSA) is 44.4 Å². The fraction of sp³-hybridized carbons (Fsp3) is 0.533. The number of hydrogen-bond donors (Lipinski definition) is 2. The fourth-order valence-electron chi connectivity index (χ4n) is 2.66. The molecule has 1 unspecified atom stereocenters. The van der Waals surface area contributed by atoms with Crippen LogP contribution in [-0.2, 0) is 11.3 Å². The second-order valence-corrected chi connectivity index (χ2v) is 5.89. The lowest BCUT2D eigenvalue weighted by atomic mass is 10.1. The third kappa shape index (κ3) is 3.33. The molecule has 1 aliphatic rings. The Morgan fingerprint density at radius 3 is 2.95 bits per heavy atom. The number of anilines is 1. The molecule has 1 aromatic rings. The molecule has 2 rings (SSSR count). The Morgan fingerprint density at radius 1 is 1.50 bits per heavy atom. The van der Waals surface area contributed by atoms with Gasteiger partial charge in [-0.2, -0.15) is 0 Å². The summed E-state index contributed by atoms with van der Waals surface area (Å²) in [7, 11) is 1.70. The van der Waals surface area contributed by atoms with E-state index in [9.17, 15) is 4.79 Å². The molecular weight excluding hydrogens is 318 g/mol. The first-order valence-corrected chi connectivity index (χ1v) is 7.94. The van der Waals surface area contributed by atoms with Gasteiger partial charge in [-0.15, -0.1) is 0 Å². The second-order valence-electron chi connectivity index (χ2n) is 5.03. The van der Waals surface area contributed by atoms with E-state index in [0.29, 0.717) is 0 Å². The zero-order valence-electron chi connectivity index (χ0n) is 12.1. The molecule has 0 saturated carbocycles. The molecule has 110 valence electrons. The molecule has 1 heterocycles. The van der Waals surface area contributed by atoms with Gasteiger partial charge in [-0.3, -0.25) is 4.79 Å². The monoisotopic (exact) mass is 339 g/mol. The summed E-state index contributed by atoms with van der Waals surface area (Å²) in [6, 6.07) is 6.33. The number of halogens is 1. The van der Waals surface area contributed by atoms with Crippen molar-refractivity contribution in [2.75, 3.05) is 25.0 Å². The van der Waals surface area contributed by atoms with Crippen LogP contribution >= 0.6 is 15.9 Å². The minimum Gasteiger partial charge on any atom is -0.359 e. The Morgan fingerprint density at radius 2 is 2.30 bits per heavy atom. The van der Waals surface area contributed by atoms with Crippen LogP contribution < -0.4 is 15.5 Å². The van der Waals surface area contributed by atoms with Gasteiger partial charge in [0.2, 0.25) is 5.91 Å². The minimum absolute atomic E-state index is 0.0454. The molecule has 2 N–H and O–H groups in total. The summed E-state index contributed by atoms with van der Waals surface area (Å²) in [6.45, 7) is 4.86. The number of carbonyl (C=O) groups is 1. The van der Waals surface area contributed by atoms with Gasteiger partial charge < -0.3 is 15.5 Å². The van der Waals surface area contributed by atoms with Gasteiger partial charge in [0.25, 0.3) is 0 Å². The van der Waals surface area contributed by atoms with Crippen molar-refractivity contribution >= 4 is 27.5 Å². The lowest BCUT2D eigenvalue weighted by Gasteiger charge is -2.26. The van der Waals surface area contributed by atoms with Crippen molar-refractivity contribution in [1.29, 1.82) is 0 Å². The molecule has 0 radical (unpaired) electrons. The number of rotatable bonds is 5. The van der Waals surface area contributed by atoms with E-state index < -0.39 is 0 Å². The summed E-state index contributed by atoms with van der Waals surface area (Å²) in [6.07, 6.45) is 1.98. The highest BCUT2D eigenvalue weighted by Crippen LogP contribution is 2.33. The van der Waals surface area contributed by atoms with Crippen LogP contribution in [-0.4, -0.2) is 32.1 Å². The van der Waals surface area contributed by atoms with E-state index in [1.54, 1.807) is 7.05 Å². The molecule has 1 amide bonds. The summed E-state index contributed by atoms with van der Waals surface area (Å²) in [5.74, 6) is 0.103. The van der Waals surface area contributed by atoms with E-state index in [-0.39, 0.29) is 11.9 Å². The predicted octanol–water partition coefficient (Wildman–Crippen LogP) is 2.27. The molecule has 4 nitrogen and oxygen atoms in total. The normalized spacial score (nSPS) is 18.4. The highest BCUT2D eigenvalue weighted by atomic mass is 79.9.